The van der Waals surface area contributed by atoms with Crippen LogP contribution in [0.1, 0.15) is 18.5 Å². The molecule has 0 fully saturated rings. The van der Waals surface area contributed by atoms with Crippen molar-refractivity contribution in [3.05, 3.63) is 94.7 Å². The predicted molar refractivity (Wildman–Crippen MR) is 139 cm³/mol. The van der Waals surface area contributed by atoms with E-state index in [-0.39, 0.29) is 6.04 Å². The van der Waals surface area contributed by atoms with Gasteiger partial charge < -0.3 is 19.0 Å². The van der Waals surface area contributed by atoms with Crippen LogP contribution < -0.4 is 14.3 Å². The number of aromatic nitrogens is 2. The van der Waals surface area contributed by atoms with Gasteiger partial charge in [0.05, 0.1) is 25.6 Å². The first-order valence-corrected chi connectivity index (χ1v) is 12.1. The van der Waals surface area contributed by atoms with Crippen LogP contribution in [0.25, 0.3) is 22.2 Å². The van der Waals surface area contributed by atoms with Crippen molar-refractivity contribution in [2.24, 2.45) is 4.99 Å². The highest BCUT2D eigenvalue weighted by molar-refractivity contribution is 7.07. The van der Waals surface area contributed by atoms with Gasteiger partial charge in [-0.3, -0.25) is 0 Å². The maximum absolute atomic E-state index is 5.45. The van der Waals surface area contributed by atoms with Crippen molar-refractivity contribution in [1.29, 1.82) is 0 Å². The number of nitrogens with zero attached hydrogens (tertiary/aromatic N) is 2. The third-order valence-corrected chi connectivity index (χ3v) is 6.84. The number of benzene rings is 3. The van der Waals surface area contributed by atoms with Gasteiger partial charge in [0.15, 0.2) is 4.80 Å². The van der Waals surface area contributed by atoms with Gasteiger partial charge in [-0.05, 0) is 30.5 Å². The van der Waals surface area contributed by atoms with Crippen LogP contribution in [-0.4, -0.2) is 23.8 Å². The highest BCUT2D eigenvalue weighted by Gasteiger charge is 2.16. The molecule has 0 spiro atoms. The quantitative estimate of drug-likeness (QED) is 0.287. The van der Waals surface area contributed by atoms with E-state index in [0.717, 1.165) is 39.6 Å². The molecule has 1 unspecified atom stereocenters. The zero-order chi connectivity index (χ0) is 23.5. The first-order valence-electron chi connectivity index (χ1n) is 11.2. The minimum Gasteiger partial charge on any atom is -0.497 e. The molecule has 0 aliphatic carbocycles. The van der Waals surface area contributed by atoms with E-state index in [1.165, 1.54) is 16.5 Å². The van der Waals surface area contributed by atoms with E-state index in [1.807, 2.05) is 24.3 Å². The summed E-state index contributed by atoms with van der Waals surface area (Å²) in [5.74, 6) is 1.44. The summed E-state index contributed by atoms with van der Waals surface area (Å²) in [6.45, 7) is 2.26. The molecule has 1 atom stereocenters. The molecule has 0 amide bonds. The number of H-pyrrole nitrogens is 1. The van der Waals surface area contributed by atoms with Gasteiger partial charge in [-0.2, -0.15) is 0 Å². The van der Waals surface area contributed by atoms with Gasteiger partial charge in [0, 0.05) is 46.7 Å². The maximum atomic E-state index is 5.45. The Morgan fingerprint density at radius 3 is 2.38 bits per heavy atom. The molecule has 0 aliphatic heterocycles. The number of para-hydroxylation sites is 1. The molecule has 0 radical (unpaired) electrons. The number of hydrogen-bond acceptors (Lipinski definition) is 4. The monoisotopic (exact) mass is 469 g/mol. The second kappa shape index (κ2) is 9.61. The second-order valence-electron chi connectivity index (χ2n) is 8.23. The number of fused-ring (bicyclic) bond motifs is 1. The summed E-state index contributed by atoms with van der Waals surface area (Å²) in [5, 5.41) is 3.46. The van der Waals surface area contributed by atoms with E-state index >= 15 is 0 Å². The molecule has 0 bridgehead atoms. The highest BCUT2D eigenvalue weighted by atomic mass is 32.1. The molecule has 0 aliphatic rings. The van der Waals surface area contributed by atoms with Crippen LogP contribution in [0.2, 0.25) is 0 Å². The fourth-order valence-corrected chi connectivity index (χ4v) is 5.34. The molecule has 2 heterocycles. The first-order chi connectivity index (χ1) is 16.7. The summed E-state index contributed by atoms with van der Waals surface area (Å²) in [6, 6.07) is 24.8. The first kappa shape index (κ1) is 22.0. The molecule has 3 aromatic carbocycles. The lowest BCUT2D eigenvalue weighted by atomic mass is 10.1. The summed E-state index contributed by atoms with van der Waals surface area (Å²) in [6.07, 6.45) is 3.01. The maximum Gasteiger partial charge on any atom is 0.190 e. The lowest BCUT2D eigenvalue weighted by molar-refractivity contribution is 0.394. The number of methoxy groups -OCH3 is 2. The fraction of sp³-hybridized carbons (Fsp3) is 0.179. The number of hydrogen-bond donors (Lipinski definition) is 1. The van der Waals surface area contributed by atoms with Crippen LogP contribution in [-0.2, 0) is 6.42 Å². The van der Waals surface area contributed by atoms with E-state index < -0.39 is 0 Å². The van der Waals surface area contributed by atoms with Crippen molar-refractivity contribution < 1.29 is 9.47 Å². The molecule has 5 rings (SSSR count). The van der Waals surface area contributed by atoms with E-state index in [1.54, 1.807) is 25.6 Å². The minimum absolute atomic E-state index is 0.187. The van der Waals surface area contributed by atoms with Crippen molar-refractivity contribution in [3.63, 3.8) is 0 Å². The van der Waals surface area contributed by atoms with Crippen LogP contribution in [0.5, 0.6) is 11.5 Å². The number of thiazole rings is 1. The third kappa shape index (κ3) is 4.37. The van der Waals surface area contributed by atoms with Crippen LogP contribution >= 0.6 is 11.3 Å². The van der Waals surface area contributed by atoms with E-state index in [9.17, 15) is 0 Å². The molecule has 34 heavy (non-hydrogen) atoms. The van der Waals surface area contributed by atoms with Crippen molar-refractivity contribution in [3.8, 4) is 22.8 Å². The Morgan fingerprint density at radius 1 is 0.941 bits per heavy atom. The van der Waals surface area contributed by atoms with E-state index in [2.05, 4.69) is 76.6 Å². The largest absolute Gasteiger partial charge is 0.497 e. The van der Waals surface area contributed by atoms with Gasteiger partial charge in [0.1, 0.15) is 11.5 Å². The number of ether oxygens (including phenoxy) is 2. The standard InChI is InChI=1S/C28H27N3O2S/c1-19(13-21-17-29-26-12-8-7-11-25(21)26)31-27(20-9-5-4-6-10-20)18-34-28(31)30-22-14-23(32-2)16-24(15-22)33-3/h4-12,14-19,29H,13H2,1-3H3. The number of nitrogens with one attached hydrogen (secondary N) is 1. The van der Waals surface area contributed by atoms with Crippen molar-refractivity contribution in [2.45, 2.75) is 19.4 Å². The molecular weight excluding hydrogens is 442 g/mol. The van der Waals surface area contributed by atoms with Crippen molar-refractivity contribution >= 4 is 27.9 Å². The van der Waals surface area contributed by atoms with Gasteiger partial charge in [-0.15, -0.1) is 11.3 Å². The second-order valence-corrected chi connectivity index (χ2v) is 9.07. The molecule has 6 heteroatoms. The van der Waals surface area contributed by atoms with Crippen LogP contribution in [0.15, 0.2) is 89.4 Å². The van der Waals surface area contributed by atoms with Crippen LogP contribution in [0.4, 0.5) is 5.69 Å². The molecule has 5 aromatic rings. The van der Waals surface area contributed by atoms with Crippen molar-refractivity contribution in [2.75, 3.05) is 14.2 Å². The normalized spacial score (nSPS) is 12.7. The lowest BCUT2D eigenvalue weighted by Crippen LogP contribution is -2.21. The number of rotatable bonds is 7. The topological polar surface area (TPSA) is 51.5 Å². The summed E-state index contributed by atoms with van der Waals surface area (Å²) in [5.41, 5.74) is 5.60. The van der Waals surface area contributed by atoms with Crippen molar-refractivity contribution in [1.82, 2.24) is 9.55 Å². The Morgan fingerprint density at radius 2 is 1.65 bits per heavy atom. The van der Waals surface area contributed by atoms with Gasteiger partial charge in [-0.25, -0.2) is 4.99 Å². The Balaban J connectivity index is 1.62. The lowest BCUT2D eigenvalue weighted by Gasteiger charge is -2.17. The van der Waals surface area contributed by atoms with E-state index in [0.29, 0.717) is 0 Å². The third-order valence-electron chi connectivity index (χ3n) is 6.00. The average Bonchev–Trinajstić information content (AvgIpc) is 3.48. The summed E-state index contributed by atoms with van der Waals surface area (Å²) < 4.78 is 13.2. The average molecular weight is 470 g/mol. The van der Waals surface area contributed by atoms with Crippen LogP contribution in [0.3, 0.4) is 0 Å². The highest BCUT2D eigenvalue weighted by Crippen LogP contribution is 2.30. The smallest absolute Gasteiger partial charge is 0.190 e. The molecule has 5 nitrogen and oxygen atoms in total. The van der Waals surface area contributed by atoms with Gasteiger partial charge in [-0.1, -0.05) is 48.5 Å². The molecule has 0 saturated heterocycles. The van der Waals surface area contributed by atoms with E-state index in [4.69, 9.17) is 14.5 Å². The molecular formula is C28H27N3O2S. The Bertz CT molecular complexity index is 1460. The molecule has 2 aromatic heterocycles. The zero-order valence-corrected chi connectivity index (χ0v) is 20.3. The Hall–Kier alpha value is -3.77. The Labute approximate surface area is 203 Å². The predicted octanol–water partition coefficient (Wildman–Crippen LogP) is 6.75. The molecule has 172 valence electrons. The Kier molecular flexibility index (Phi) is 6.23. The molecule has 1 N–H and O–H groups in total. The minimum atomic E-state index is 0.187. The molecule has 0 saturated carbocycles. The summed E-state index contributed by atoms with van der Waals surface area (Å²) in [4.78, 5) is 9.37. The summed E-state index contributed by atoms with van der Waals surface area (Å²) >= 11 is 1.64. The SMILES string of the molecule is COc1cc(N=c2scc(-c3ccccc3)n2C(C)Cc2c[nH]c3ccccc23)cc(OC)c1. The van der Waals surface area contributed by atoms with Gasteiger partial charge in [0.25, 0.3) is 0 Å². The van der Waals surface area contributed by atoms with Gasteiger partial charge in [0.2, 0.25) is 0 Å². The summed E-state index contributed by atoms with van der Waals surface area (Å²) in [7, 11) is 3.31. The number of aromatic amines is 1. The zero-order valence-electron chi connectivity index (χ0n) is 19.5. The fourth-order valence-electron chi connectivity index (χ4n) is 4.32. The van der Waals surface area contributed by atoms with Gasteiger partial charge >= 0.3 is 0 Å². The van der Waals surface area contributed by atoms with Crippen LogP contribution in [0, 0.1) is 0 Å².